The Morgan fingerprint density at radius 1 is 0.795 bits per heavy atom. The zero-order valence-corrected chi connectivity index (χ0v) is 21.1. The van der Waals surface area contributed by atoms with Gasteiger partial charge in [0.1, 0.15) is 12.4 Å². The van der Waals surface area contributed by atoms with Crippen LogP contribution in [-0.4, -0.2) is 15.5 Å². The van der Waals surface area contributed by atoms with Crippen LogP contribution in [0.1, 0.15) is 21.5 Å². The molecule has 190 valence electrons. The summed E-state index contributed by atoms with van der Waals surface area (Å²) in [6, 6.07) is 36.3. The fraction of sp³-hybridized carbons (Fsp3) is 0.0606. The van der Waals surface area contributed by atoms with Gasteiger partial charge in [0.05, 0.1) is 23.8 Å². The van der Waals surface area contributed by atoms with E-state index in [0.29, 0.717) is 41.1 Å². The normalized spacial score (nSPS) is 11.0. The molecule has 0 aliphatic rings. The third-order valence-corrected chi connectivity index (χ3v) is 6.67. The molecule has 6 aromatic rings. The molecule has 1 heterocycles. The Hall–Kier alpha value is -5.23. The summed E-state index contributed by atoms with van der Waals surface area (Å²) in [5.74, 6) is 0.433. The predicted molar refractivity (Wildman–Crippen MR) is 154 cm³/mol. The Kier molecular flexibility index (Phi) is 6.58. The van der Waals surface area contributed by atoms with E-state index in [1.165, 1.54) is 0 Å². The van der Waals surface area contributed by atoms with Crippen molar-refractivity contribution in [1.82, 2.24) is 9.55 Å². The predicted octanol–water partition coefficient (Wildman–Crippen LogP) is 6.43. The van der Waals surface area contributed by atoms with Gasteiger partial charge in [-0.3, -0.25) is 14.2 Å². The van der Waals surface area contributed by atoms with Crippen molar-refractivity contribution < 1.29 is 9.53 Å². The number of carbonyl (C=O) groups excluding carboxylic acids is 1. The molecular weight excluding hydrogens is 486 g/mol. The lowest BCUT2D eigenvalue weighted by Crippen LogP contribution is -2.21. The van der Waals surface area contributed by atoms with Crippen LogP contribution in [0.25, 0.3) is 21.7 Å². The summed E-state index contributed by atoms with van der Waals surface area (Å²) >= 11 is 0. The molecule has 0 aliphatic heterocycles. The van der Waals surface area contributed by atoms with E-state index in [2.05, 4.69) is 28.5 Å². The number of amides is 1. The van der Waals surface area contributed by atoms with Crippen molar-refractivity contribution in [3.8, 4) is 5.75 Å². The summed E-state index contributed by atoms with van der Waals surface area (Å²) in [7, 11) is 0. The molecule has 0 bridgehead atoms. The molecule has 5 aromatic carbocycles. The van der Waals surface area contributed by atoms with Crippen LogP contribution >= 0.6 is 0 Å². The highest BCUT2D eigenvalue weighted by molar-refractivity contribution is 6.06. The zero-order chi connectivity index (χ0) is 26.6. The van der Waals surface area contributed by atoms with E-state index in [0.717, 1.165) is 21.9 Å². The number of anilines is 1. The molecule has 1 amide bonds. The fourth-order valence-corrected chi connectivity index (χ4v) is 4.60. The molecule has 6 rings (SSSR count). The summed E-state index contributed by atoms with van der Waals surface area (Å²) < 4.78 is 7.41. The minimum Gasteiger partial charge on any atom is -0.489 e. The Labute approximate surface area is 225 Å². The van der Waals surface area contributed by atoms with Crippen LogP contribution in [0, 0.1) is 0 Å². The summed E-state index contributed by atoms with van der Waals surface area (Å²) in [5, 5.41) is 5.59. The monoisotopic (exact) mass is 511 g/mol. The maximum absolute atomic E-state index is 13.2. The molecule has 0 fully saturated rings. The number of aromatic nitrogens is 2. The minimum atomic E-state index is -0.281. The highest BCUT2D eigenvalue weighted by Gasteiger charge is 2.11. The molecule has 0 unspecified atom stereocenters. The van der Waals surface area contributed by atoms with Crippen LogP contribution in [0.3, 0.4) is 0 Å². The Morgan fingerprint density at radius 2 is 1.56 bits per heavy atom. The van der Waals surface area contributed by atoms with Crippen LogP contribution in [0.4, 0.5) is 5.69 Å². The molecule has 0 saturated heterocycles. The standard InChI is InChI=1S/C33H25N3O3/c37-32(35-27-14-16-28(17-15-27)39-21-23-7-2-1-3-8-23)25-13-18-30-31(19-25)34-22-36(33(30)38)20-26-11-6-10-24-9-4-5-12-29(24)26/h1-19,22H,20-21H2,(H,35,37). The Bertz CT molecular complexity index is 1840. The van der Waals surface area contributed by atoms with Crippen LogP contribution in [0.15, 0.2) is 126 Å². The lowest BCUT2D eigenvalue weighted by Gasteiger charge is -2.11. The molecule has 0 saturated carbocycles. The van der Waals surface area contributed by atoms with Crippen molar-refractivity contribution in [1.29, 1.82) is 0 Å². The van der Waals surface area contributed by atoms with E-state index in [1.54, 1.807) is 41.2 Å². The first kappa shape index (κ1) is 24.1. The van der Waals surface area contributed by atoms with Gasteiger partial charge in [-0.05, 0) is 64.4 Å². The Balaban J connectivity index is 1.16. The van der Waals surface area contributed by atoms with Gasteiger partial charge >= 0.3 is 0 Å². The number of hydrogen-bond acceptors (Lipinski definition) is 4. The maximum Gasteiger partial charge on any atom is 0.261 e. The van der Waals surface area contributed by atoms with E-state index in [9.17, 15) is 9.59 Å². The fourth-order valence-electron chi connectivity index (χ4n) is 4.60. The SMILES string of the molecule is O=C(Nc1ccc(OCc2ccccc2)cc1)c1ccc2c(=O)n(Cc3cccc4ccccc34)cnc2c1. The van der Waals surface area contributed by atoms with Crippen molar-refractivity contribution >= 4 is 33.3 Å². The summed E-state index contributed by atoms with van der Waals surface area (Å²) in [6.07, 6.45) is 1.54. The molecule has 39 heavy (non-hydrogen) atoms. The highest BCUT2D eigenvalue weighted by Crippen LogP contribution is 2.21. The van der Waals surface area contributed by atoms with E-state index in [4.69, 9.17) is 4.74 Å². The largest absolute Gasteiger partial charge is 0.489 e. The molecule has 0 atom stereocenters. The number of nitrogens with one attached hydrogen (secondary N) is 1. The number of hydrogen-bond donors (Lipinski definition) is 1. The second-order valence-corrected chi connectivity index (χ2v) is 9.30. The average Bonchev–Trinajstić information content (AvgIpc) is 2.99. The number of carbonyl (C=O) groups is 1. The van der Waals surface area contributed by atoms with Crippen LogP contribution in [-0.2, 0) is 13.2 Å². The molecule has 0 spiro atoms. The summed E-state index contributed by atoms with van der Waals surface area (Å²) in [6.45, 7) is 0.886. The molecular formula is C33H25N3O3. The third kappa shape index (κ3) is 5.26. The first-order chi connectivity index (χ1) is 19.1. The number of ether oxygens (including phenoxy) is 1. The van der Waals surface area contributed by atoms with Gasteiger partial charge in [0, 0.05) is 11.3 Å². The molecule has 1 N–H and O–H groups in total. The molecule has 6 nitrogen and oxygen atoms in total. The lowest BCUT2D eigenvalue weighted by molar-refractivity contribution is 0.102. The van der Waals surface area contributed by atoms with Gasteiger partial charge in [-0.1, -0.05) is 72.8 Å². The van der Waals surface area contributed by atoms with Crippen molar-refractivity contribution in [3.63, 3.8) is 0 Å². The summed E-state index contributed by atoms with van der Waals surface area (Å²) in [5.41, 5.74) is 3.53. The van der Waals surface area contributed by atoms with Crippen LogP contribution in [0.5, 0.6) is 5.75 Å². The second kappa shape index (κ2) is 10.6. The van der Waals surface area contributed by atoms with Gasteiger partial charge in [0.25, 0.3) is 11.5 Å². The van der Waals surface area contributed by atoms with Gasteiger partial charge in [-0.25, -0.2) is 4.98 Å². The zero-order valence-electron chi connectivity index (χ0n) is 21.1. The van der Waals surface area contributed by atoms with E-state index in [1.807, 2.05) is 66.7 Å². The molecule has 0 radical (unpaired) electrons. The van der Waals surface area contributed by atoms with Crippen molar-refractivity contribution in [3.05, 3.63) is 149 Å². The quantitative estimate of drug-likeness (QED) is 0.268. The number of benzene rings is 5. The maximum atomic E-state index is 13.2. The highest BCUT2D eigenvalue weighted by atomic mass is 16.5. The first-order valence-electron chi connectivity index (χ1n) is 12.7. The van der Waals surface area contributed by atoms with E-state index < -0.39 is 0 Å². The Morgan fingerprint density at radius 3 is 2.41 bits per heavy atom. The van der Waals surface area contributed by atoms with Crippen molar-refractivity contribution in [2.45, 2.75) is 13.2 Å². The smallest absolute Gasteiger partial charge is 0.261 e. The number of rotatable bonds is 7. The molecule has 1 aromatic heterocycles. The van der Waals surface area contributed by atoms with Gasteiger partial charge in [0.2, 0.25) is 0 Å². The minimum absolute atomic E-state index is 0.147. The molecule has 0 aliphatic carbocycles. The van der Waals surface area contributed by atoms with Gasteiger partial charge in [-0.15, -0.1) is 0 Å². The lowest BCUT2D eigenvalue weighted by atomic mass is 10.0. The van der Waals surface area contributed by atoms with E-state index >= 15 is 0 Å². The number of nitrogens with zero attached hydrogens (tertiary/aromatic N) is 2. The van der Waals surface area contributed by atoms with Crippen LogP contribution < -0.4 is 15.6 Å². The van der Waals surface area contributed by atoms with Gasteiger partial charge in [0.15, 0.2) is 0 Å². The van der Waals surface area contributed by atoms with Crippen LogP contribution in [0.2, 0.25) is 0 Å². The number of fused-ring (bicyclic) bond motifs is 2. The topological polar surface area (TPSA) is 73.2 Å². The average molecular weight is 512 g/mol. The van der Waals surface area contributed by atoms with Crippen molar-refractivity contribution in [2.75, 3.05) is 5.32 Å². The third-order valence-electron chi connectivity index (χ3n) is 6.67. The van der Waals surface area contributed by atoms with Crippen molar-refractivity contribution in [2.24, 2.45) is 0 Å². The summed E-state index contributed by atoms with van der Waals surface area (Å²) in [4.78, 5) is 30.6. The first-order valence-corrected chi connectivity index (χ1v) is 12.7. The van der Waals surface area contributed by atoms with E-state index in [-0.39, 0.29) is 11.5 Å². The molecule has 6 heteroatoms. The van der Waals surface area contributed by atoms with Gasteiger partial charge < -0.3 is 10.1 Å². The second-order valence-electron chi connectivity index (χ2n) is 9.30. The van der Waals surface area contributed by atoms with Gasteiger partial charge in [-0.2, -0.15) is 0 Å².